The predicted molar refractivity (Wildman–Crippen MR) is 111 cm³/mol. The topological polar surface area (TPSA) is 69.0 Å². The van der Waals surface area contributed by atoms with E-state index in [-0.39, 0.29) is 17.0 Å². The summed E-state index contributed by atoms with van der Waals surface area (Å²) < 4.78 is 20.1. The van der Waals surface area contributed by atoms with Crippen molar-refractivity contribution in [3.63, 3.8) is 0 Å². The molecule has 0 radical (unpaired) electrons. The van der Waals surface area contributed by atoms with Crippen molar-refractivity contribution in [2.24, 2.45) is 7.05 Å². The van der Waals surface area contributed by atoms with Crippen LogP contribution in [-0.4, -0.2) is 39.6 Å². The van der Waals surface area contributed by atoms with Crippen molar-refractivity contribution in [2.75, 3.05) is 13.7 Å². The van der Waals surface area contributed by atoms with E-state index in [1.54, 1.807) is 23.8 Å². The Labute approximate surface area is 173 Å². The zero-order valence-electron chi connectivity index (χ0n) is 16.6. The van der Waals surface area contributed by atoms with E-state index in [2.05, 4.69) is 15.5 Å². The Kier molecular flexibility index (Phi) is 6.87. The van der Waals surface area contributed by atoms with Crippen LogP contribution in [0.25, 0.3) is 11.4 Å². The minimum Gasteiger partial charge on any atom is -0.497 e. The Bertz CT molecular complexity index is 958. The SMILES string of the molecule is COc1ccc(CCNC(=O)[C@H](C)Sc2nnc(-c3ccc(F)cc3)n2C)cc1. The van der Waals surface area contributed by atoms with Crippen molar-refractivity contribution in [1.29, 1.82) is 0 Å². The second-order valence-electron chi connectivity index (χ2n) is 6.52. The fraction of sp³-hybridized carbons (Fsp3) is 0.286. The van der Waals surface area contributed by atoms with Gasteiger partial charge < -0.3 is 14.6 Å². The maximum absolute atomic E-state index is 13.1. The molecule has 0 aliphatic heterocycles. The summed E-state index contributed by atoms with van der Waals surface area (Å²) in [6, 6.07) is 13.9. The third-order valence-corrected chi connectivity index (χ3v) is 5.59. The Morgan fingerprint density at radius 1 is 1.17 bits per heavy atom. The number of ether oxygens (including phenoxy) is 1. The molecule has 1 atom stereocenters. The lowest BCUT2D eigenvalue weighted by atomic mass is 10.1. The number of nitrogens with zero attached hydrogens (tertiary/aromatic N) is 3. The summed E-state index contributed by atoms with van der Waals surface area (Å²) in [6.07, 6.45) is 0.742. The summed E-state index contributed by atoms with van der Waals surface area (Å²) in [5.41, 5.74) is 1.90. The first kappa shape index (κ1) is 20.9. The molecule has 0 unspecified atom stereocenters. The Balaban J connectivity index is 1.53. The van der Waals surface area contributed by atoms with Crippen molar-refractivity contribution >= 4 is 17.7 Å². The molecular formula is C21H23FN4O2S. The summed E-state index contributed by atoms with van der Waals surface area (Å²) in [5, 5.41) is 11.6. The van der Waals surface area contributed by atoms with E-state index in [1.807, 2.05) is 38.2 Å². The van der Waals surface area contributed by atoms with E-state index in [0.717, 1.165) is 23.3 Å². The summed E-state index contributed by atoms with van der Waals surface area (Å²) >= 11 is 1.33. The largest absolute Gasteiger partial charge is 0.497 e. The summed E-state index contributed by atoms with van der Waals surface area (Å²) in [5.74, 6) is 1.08. The molecule has 3 aromatic rings. The van der Waals surface area contributed by atoms with E-state index in [1.165, 1.54) is 23.9 Å². The van der Waals surface area contributed by atoms with Gasteiger partial charge >= 0.3 is 0 Å². The molecule has 8 heteroatoms. The zero-order chi connectivity index (χ0) is 20.8. The number of amides is 1. The number of carbonyl (C=O) groups excluding carboxylic acids is 1. The molecule has 0 fully saturated rings. The van der Waals surface area contributed by atoms with E-state index >= 15 is 0 Å². The molecular weight excluding hydrogens is 391 g/mol. The van der Waals surface area contributed by atoms with Crippen LogP contribution in [-0.2, 0) is 18.3 Å². The van der Waals surface area contributed by atoms with Crippen LogP contribution in [0.4, 0.5) is 4.39 Å². The molecule has 29 heavy (non-hydrogen) atoms. The number of methoxy groups -OCH3 is 1. The molecule has 1 heterocycles. The minimum absolute atomic E-state index is 0.0603. The quantitative estimate of drug-likeness (QED) is 0.572. The second kappa shape index (κ2) is 9.56. The normalized spacial score (nSPS) is 11.9. The van der Waals surface area contributed by atoms with Gasteiger partial charge in [0.05, 0.1) is 12.4 Å². The number of hydrogen-bond acceptors (Lipinski definition) is 5. The Hall–Kier alpha value is -2.87. The number of halogens is 1. The molecule has 1 N–H and O–H groups in total. The van der Waals surface area contributed by atoms with Gasteiger partial charge in [0.1, 0.15) is 11.6 Å². The van der Waals surface area contributed by atoms with Crippen molar-refractivity contribution in [2.45, 2.75) is 23.8 Å². The van der Waals surface area contributed by atoms with Gasteiger partial charge in [-0.2, -0.15) is 0 Å². The fourth-order valence-electron chi connectivity index (χ4n) is 2.75. The predicted octanol–water partition coefficient (Wildman–Crippen LogP) is 3.47. The lowest BCUT2D eigenvalue weighted by molar-refractivity contribution is -0.120. The first-order valence-corrected chi connectivity index (χ1v) is 10.1. The highest BCUT2D eigenvalue weighted by molar-refractivity contribution is 8.00. The van der Waals surface area contributed by atoms with Crippen molar-refractivity contribution in [3.8, 4) is 17.1 Å². The molecule has 152 valence electrons. The lowest BCUT2D eigenvalue weighted by Gasteiger charge is -2.12. The van der Waals surface area contributed by atoms with Gasteiger partial charge in [-0.1, -0.05) is 23.9 Å². The van der Waals surface area contributed by atoms with Gasteiger partial charge in [0.25, 0.3) is 0 Å². The maximum atomic E-state index is 13.1. The Morgan fingerprint density at radius 2 is 1.86 bits per heavy atom. The molecule has 0 aliphatic carbocycles. The van der Waals surface area contributed by atoms with Gasteiger partial charge in [0.2, 0.25) is 5.91 Å². The van der Waals surface area contributed by atoms with Crippen molar-refractivity contribution < 1.29 is 13.9 Å². The molecule has 0 bridgehead atoms. The van der Waals surface area contributed by atoms with Gasteiger partial charge in [-0.3, -0.25) is 4.79 Å². The third kappa shape index (κ3) is 5.35. The van der Waals surface area contributed by atoms with Crippen LogP contribution in [0.15, 0.2) is 53.7 Å². The molecule has 0 spiro atoms. The fourth-order valence-corrected chi connectivity index (χ4v) is 3.58. The number of nitrogens with one attached hydrogen (secondary N) is 1. The molecule has 3 rings (SSSR count). The van der Waals surface area contributed by atoms with Crippen LogP contribution >= 0.6 is 11.8 Å². The van der Waals surface area contributed by atoms with E-state index in [0.29, 0.717) is 17.5 Å². The molecule has 6 nitrogen and oxygen atoms in total. The van der Waals surface area contributed by atoms with Crippen LogP contribution < -0.4 is 10.1 Å². The van der Waals surface area contributed by atoms with Crippen LogP contribution in [0.2, 0.25) is 0 Å². The summed E-state index contributed by atoms with van der Waals surface area (Å²) in [4.78, 5) is 12.4. The van der Waals surface area contributed by atoms with Crippen LogP contribution in [0.5, 0.6) is 5.75 Å². The number of rotatable bonds is 8. The second-order valence-corrected chi connectivity index (χ2v) is 7.83. The highest BCUT2D eigenvalue weighted by Crippen LogP contribution is 2.25. The average molecular weight is 415 g/mol. The highest BCUT2D eigenvalue weighted by Gasteiger charge is 2.19. The van der Waals surface area contributed by atoms with Gasteiger partial charge in [-0.15, -0.1) is 10.2 Å². The van der Waals surface area contributed by atoms with Crippen molar-refractivity contribution in [1.82, 2.24) is 20.1 Å². The van der Waals surface area contributed by atoms with Crippen molar-refractivity contribution in [3.05, 3.63) is 59.9 Å². The minimum atomic E-state index is -0.324. The average Bonchev–Trinajstić information content (AvgIpc) is 3.09. The summed E-state index contributed by atoms with van der Waals surface area (Å²) in [6.45, 7) is 2.38. The molecule has 0 saturated carbocycles. The number of aromatic nitrogens is 3. The molecule has 1 amide bonds. The molecule has 2 aromatic carbocycles. The first-order chi connectivity index (χ1) is 14.0. The standard InChI is InChI=1S/C21H23FN4O2S/c1-14(20(27)23-13-12-15-4-10-18(28-3)11-5-15)29-21-25-24-19(26(21)2)16-6-8-17(22)9-7-16/h4-11,14H,12-13H2,1-3H3,(H,23,27)/t14-/m0/s1. The summed E-state index contributed by atoms with van der Waals surface area (Å²) in [7, 11) is 3.46. The van der Waals surface area contributed by atoms with Gasteiger partial charge in [0.15, 0.2) is 11.0 Å². The highest BCUT2D eigenvalue weighted by atomic mass is 32.2. The van der Waals surface area contributed by atoms with Crippen LogP contribution in [0.3, 0.4) is 0 Å². The van der Waals surface area contributed by atoms with E-state index in [9.17, 15) is 9.18 Å². The van der Waals surface area contributed by atoms with Crippen LogP contribution in [0, 0.1) is 5.82 Å². The van der Waals surface area contributed by atoms with E-state index < -0.39 is 0 Å². The number of hydrogen-bond donors (Lipinski definition) is 1. The van der Waals surface area contributed by atoms with Gasteiger partial charge in [-0.25, -0.2) is 4.39 Å². The number of benzene rings is 2. The first-order valence-electron chi connectivity index (χ1n) is 9.20. The Morgan fingerprint density at radius 3 is 2.52 bits per heavy atom. The van der Waals surface area contributed by atoms with Gasteiger partial charge in [-0.05, 0) is 55.3 Å². The third-order valence-electron chi connectivity index (χ3n) is 4.46. The molecule has 0 aliphatic rings. The lowest BCUT2D eigenvalue weighted by Crippen LogP contribution is -2.32. The smallest absolute Gasteiger partial charge is 0.233 e. The van der Waals surface area contributed by atoms with Crippen LogP contribution in [0.1, 0.15) is 12.5 Å². The number of carbonyl (C=O) groups is 1. The zero-order valence-corrected chi connectivity index (χ0v) is 17.4. The monoisotopic (exact) mass is 414 g/mol. The maximum Gasteiger partial charge on any atom is 0.233 e. The van der Waals surface area contributed by atoms with E-state index in [4.69, 9.17) is 4.74 Å². The van der Waals surface area contributed by atoms with Gasteiger partial charge in [0, 0.05) is 19.2 Å². The molecule has 1 aromatic heterocycles. The number of thioether (sulfide) groups is 1. The molecule has 0 saturated heterocycles.